The Kier molecular flexibility index (Phi) is 4.98. The van der Waals surface area contributed by atoms with Gasteiger partial charge >= 0.3 is 0 Å². The number of aryl methyl sites for hydroxylation is 1. The third kappa shape index (κ3) is 3.10. The van der Waals surface area contributed by atoms with E-state index in [0.717, 1.165) is 32.5 Å². The molecule has 112 valence electrons. The monoisotopic (exact) mass is 352 g/mol. The summed E-state index contributed by atoms with van der Waals surface area (Å²) in [6.45, 7) is 4.01. The molecule has 0 fully saturated rings. The van der Waals surface area contributed by atoms with Gasteiger partial charge < -0.3 is 4.74 Å². The maximum absolute atomic E-state index is 13.6. The quantitative estimate of drug-likeness (QED) is 0.650. The van der Waals surface area contributed by atoms with E-state index in [1.54, 1.807) is 13.2 Å². The van der Waals surface area contributed by atoms with Crippen LogP contribution in [-0.2, 0) is 0 Å². The summed E-state index contributed by atoms with van der Waals surface area (Å²) in [7, 11) is 1.62. The minimum Gasteiger partial charge on any atom is -0.496 e. The van der Waals surface area contributed by atoms with Gasteiger partial charge in [-0.1, -0.05) is 28.1 Å². The summed E-state index contributed by atoms with van der Waals surface area (Å²) in [5, 5.41) is 0. The lowest BCUT2D eigenvalue weighted by molar-refractivity contribution is 0.400. The van der Waals surface area contributed by atoms with Gasteiger partial charge in [-0.15, -0.1) is 0 Å². The topological polar surface area (TPSA) is 47.3 Å². The van der Waals surface area contributed by atoms with Gasteiger partial charge in [0.1, 0.15) is 11.6 Å². The van der Waals surface area contributed by atoms with Crippen molar-refractivity contribution in [2.45, 2.75) is 19.9 Å². The smallest absolute Gasteiger partial charge is 0.127 e. The number of methoxy groups -OCH3 is 1. The Morgan fingerprint density at radius 3 is 2.52 bits per heavy atom. The fourth-order valence-electron chi connectivity index (χ4n) is 2.39. The fraction of sp³-hybridized carbons (Fsp3) is 0.250. The Morgan fingerprint density at radius 1 is 1.19 bits per heavy atom. The van der Waals surface area contributed by atoms with Gasteiger partial charge in [0.2, 0.25) is 0 Å². The van der Waals surface area contributed by atoms with Crippen LogP contribution in [0.4, 0.5) is 4.39 Å². The molecule has 0 saturated heterocycles. The lowest BCUT2D eigenvalue weighted by Crippen LogP contribution is -2.29. The first-order valence-electron chi connectivity index (χ1n) is 6.54. The zero-order valence-electron chi connectivity index (χ0n) is 12.2. The molecule has 0 aliphatic heterocycles. The van der Waals surface area contributed by atoms with Crippen molar-refractivity contribution in [3.63, 3.8) is 0 Å². The minimum atomic E-state index is -0.371. The van der Waals surface area contributed by atoms with Crippen LogP contribution in [-0.4, -0.2) is 7.11 Å². The van der Waals surface area contributed by atoms with Crippen molar-refractivity contribution in [1.82, 2.24) is 5.43 Å². The van der Waals surface area contributed by atoms with Gasteiger partial charge in [-0.3, -0.25) is 5.84 Å². The molecular formula is C16H18BrFN2O. The second kappa shape index (κ2) is 6.56. The highest BCUT2D eigenvalue weighted by atomic mass is 79.9. The molecule has 0 aliphatic rings. The summed E-state index contributed by atoms with van der Waals surface area (Å²) in [6.07, 6.45) is 0. The van der Waals surface area contributed by atoms with E-state index in [1.165, 1.54) is 12.1 Å². The number of rotatable bonds is 4. The Labute approximate surface area is 132 Å². The van der Waals surface area contributed by atoms with Crippen molar-refractivity contribution in [3.8, 4) is 5.75 Å². The standard InChI is InChI=1S/C16H18BrFN2O/c1-9-4-6-12(16(21-3)10(9)2)15(20-19)13-8-11(18)5-7-14(13)17/h4-8,15,20H,19H2,1-3H3. The summed E-state index contributed by atoms with van der Waals surface area (Å²) >= 11 is 3.45. The van der Waals surface area contributed by atoms with E-state index < -0.39 is 0 Å². The highest BCUT2D eigenvalue weighted by Gasteiger charge is 2.21. The molecule has 0 bridgehead atoms. The van der Waals surface area contributed by atoms with Crippen LogP contribution in [0.3, 0.4) is 0 Å². The van der Waals surface area contributed by atoms with Crippen LogP contribution in [0.2, 0.25) is 0 Å². The molecule has 1 unspecified atom stereocenters. The number of nitrogens with two attached hydrogens (primary N) is 1. The zero-order valence-corrected chi connectivity index (χ0v) is 13.8. The molecular weight excluding hydrogens is 335 g/mol. The molecule has 2 aromatic rings. The van der Waals surface area contributed by atoms with E-state index in [0.29, 0.717) is 0 Å². The molecule has 0 aromatic heterocycles. The Bertz CT molecular complexity index is 661. The largest absolute Gasteiger partial charge is 0.496 e. The van der Waals surface area contributed by atoms with E-state index in [4.69, 9.17) is 10.6 Å². The molecule has 5 heteroatoms. The molecule has 3 nitrogen and oxygen atoms in total. The summed E-state index contributed by atoms with van der Waals surface area (Å²) < 4.78 is 19.9. The molecule has 1 atom stereocenters. The van der Waals surface area contributed by atoms with Crippen molar-refractivity contribution in [2.75, 3.05) is 7.11 Å². The number of nitrogens with one attached hydrogen (secondary N) is 1. The first kappa shape index (κ1) is 15.9. The van der Waals surface area contributed by atoms with Gasteiger partial charge in [0.15, 0.2) is 0 Å². The van der Waals surface area contributed by atoms with Crippen molar-refractivity contribution >= 4 is 15.9 Å². The second-order valence-corrected chi connectivity index (χ2v) is 5.75. The lowest BCUT2D eigenvalue weighted by Gasteiger charge is -2.22. The molecule has 0 radical (unpaired) electrons. The molecule has 21 heavy (non-hydrogen) atoms. The number of benzene rings is 2. The van der Waals surface area contributed by atoms with E-state index >= 15 is 0 Å². The number of hydrogen-bond acceptors (Lipinski definition) is 3. The SMILES string of the molecule is COc1c(C(NN)c2cc(F)ccc2Br)ccc(C)c1C. The molecule has 0 amide bonds. The number of hydrogen-bond donors (Lipinski definition) is 2. The fourth-order valence-corrected chi connectivity index (χ4v) is 2.87. The van der Waals surface area contributed by atoms with Crippen LogP contribution in [0.25, 0.3) is 0 Å². The van der Waals surface area contributed by atoms with Crippen LogP contribution in [0.1, 0.15) is 28.3 Å². The highest BCUT2D eigenvalue weighted by molar-refractivity contribution is 9.10. The van der Waals surface area contributed by atoms with Gasteiger partial charge in [0.25, 0.3) is 0 Å². The van der Waals surface area contributed by atoms with Crippen molar-refractivity contribution in [1.29, 1.82) is 0 Å². The Morgan fingerprint density at radius 2 is 1.90 bits per heavy atom. The summed E-state index contributed by atoms with van der Waals surface area (Å²) in [5.74, 6) is 6.17. The third-order valence-corrected chi connectivity index (χ3v) is 4.38. The van der Waals surface area contributed by atoms with Crippen LogP contribution in [0.15, 0.2) is 34.8 Å². The van der Waals surface area contributed by atoms with Crippen LogP contribution in [0.5, 0.6) is 5.75 Å². The average Bonchev–Trinajstić information content (AvgIpc) is 2.47. The van der Waals surface area contributed by atoms with E-state index in [9.17, 15) is 4.39 Å². The minimum absolute atomic E-state index is 0.309. The summed E-state index contributed by atoms with van der Waals surface area (Å²) in [4.78, 5) is 0. The highest BCUT2D eigenvalue weighted by Crippen LogP contribution is 2.36. The van der Waals surface area contributed by atoms with E-state index in [1.807, 2.05) is 26.0 Å². The van der Waals surface area contributed by atoms with Crippen molar-refractivity contribution in [2.24, 2.45) is 5.84 Å². The Hall–Kier alpha value is -1.43. The zero-order chi connectivity index (χ0) is 15.6. The van der Waals surface area contributed by atoms with Gasteiger partial charge in [0.05, 0.1) is 13.2 Å². The first-order chi connectivity index (χ1) is 9.99. The van der Waals surface area contributed by atoms with Crippen molar-refractivity contribution in [3.05, 3.63) is 62.9 Å². The van der Waals surface area contributed by atoms with E-state index in [2.05, 4.69) is 21.4 Å². The number of halogens is 2. The van der Waals surface area contributed by atoms with Gasteiger partial charge in [-0.05, 0) is 48.7 Å². The number of ether oxygens (including phenoxy) is 1. The van der Waals surface area contributed by atoms with Crippen LogP contribution in [0, 0.1) is 19.7 Å². The maximum atomic E-state index is 13.6. The van der Waals surface area contributed by atoms with Crippen LogP contribution >= 0.6 is 15.9 Å². The molecule has 3 N–H and O–H groups in total. The number of hydrazine groups is 1. The molecule has 0 aliphatic carbocycles. The van der Waals surface area contributed by atoms with Gasteiger partial charge in [-0.2, -0.15) is 0 Å². The first-order valence-corrected chi connectivity index (χ1v) is 7.34. The maximum Gasteiger partial charge on any atom is 0.127 e. The summed E-state index contributed by atoms with van der Waals surface area (Å²) in [5.41, 5.74) is 6.51. The van der Waals surface area contributed by atoms with Gasteiger partial charge in [0, 0.05) is 10.0 Å². The molecule has 2 aromatic carbocycles. The predicted octanol–water partition coefficient (Wildman–Crippen LogP) is 3.77. The summed E-state index contributed by atoms with van der Waals surface area (Å²) in [6, 6.07) is 8.11. The predicted molar refractivity (Wildman–Crippen MR) is 85.7 cm³/mol. The second-order valence-electron chi connectivity index (χ2n) is 4.90. The van der Waals surface area contributed by atoms with E-state index in [-0.39, 0.29) is 11.9 Å². The third-order valence-electron chi connectivity index (χ3n) is 3.66. The average molecular weight is 353 g/mol. The molecule has 0 heterocycles. The van der Waals surface area contributed by atoms with Crippen LogP contribution < -0.4 is 16.0 Å². The van der Waals surface area contributed by atoms with Gasteiger partial charge in [-0.25, -0.2) is 9.82 Å². The molecule has 0 saturated carbocycles. The molecule has 0 spiro atoms. The lowest BCUT2D eigenvalue weighted by atomic mass is 9.94. The molecule has 2 rings (SSSR count). The Balaban J connectivity index is 2.62. The van der Waals surface area contributed by atoms with Crippen molar-refractivity contribution < 1.29 is 9.13 Å². The normalized spacial score (nSPS) is 12.3.